The Kier molecular flexibility index (Phi) is 14.4. The van der Waals surface area contributed by atoms with Crippen LogP contribution in [-0.2, 0) is 9.59 Å². The summed E-state index contributed by atoms with van der Waals surface area (Å²) < 4.78 is 0. The number of nitrogens with one attached hydrogen (secondary N) is 3. The van der Waals surface area contributed by atoms with Crippen LogP contribution in [0.25, 0.3) is 0 Å². The third-order valence-corrected chi connectivity index (χ3v) is 5.91. The van der Waals surface area contributed by atoms with Crippen LogP contribution in [0.2, 0.25) is 0 Å². The Bertz CT molecular complexity index is 918. The molecule has 1 aromatic rings. The number of hydrogen-bond donors (Lipinski definition) is 4. The first kappa shape index (κ1) is 29.2. The van der Waals surface area contributed by atoms with Crippen LogP contribution in [0.5, 0.6) is 0 Å². The van der Waals surface area contributed by atoms with Crippen molar-refractivity contribution in [3.8, 4) is 0 Å². The van der Waals surface area contributed by atoms with Crippen molar-refractivity contribution in [3.05, 3.63) is 64.8 Å². The minimum atomic E-state index is -0.740. The van der Waals surface area contributed by atoms with E-state index in [4.69, 9.17) is 5.21 Å². The predicted molar refractivity (Wildman–Crippen MR) is 138 cm³/mol. The molecule has 0 bridgehead atoms. The molecule has 0 radical (unpaired) electrons. The van der Waals surface area contributed by atoms with Crippen molar-refractivity contribution in [1.29, 1.82) is 0 Å². The Balaban J connectivity index is 2.50. The van der Waals surface area contributed by atoms with Gasteiger partial charge in [-0.15, -0.1) is 11.8 Å². The summed E-state index contributed by atoms with van der Waals surface area (Å²) in [6, 6.07) is 7.25. The van der Waals surface area contributed by atoms with Crippen molar-refractivity contribution in [2.24, 2.45) is 0 Å². The predicted octanol–water partition coefficient (Wildman–Crippen LogP) is 4.55. The van der Waals surface area contributed by atoms with E-state index in [1.54, 1.807) is 23.9 Å². The zero-order chi connectivity index (χ0) is 25.3. The molecular formula is C26H37N3O4S. The lowest BCUT2D eigenvalue weighted by Crippen LogP contribution is -2.41. The number of benzene rings is 1. The molecule has 0 atom stereocenters. The summed E-state index contributed by atoms with van der Waals surface area (Å²) in [5.74, 6) is -0.882. The van der Waals surface area contributed by atoms with Crippen LogP contribution in [0.1, 0.15) is 63.7 Å². The largest absolute Gasteiger partial charge is 0.345 e. The van der Waals surface area contributed by atoms with E-state index in [2.05, 4.69) is 56.6 Å². The molecule has 0 spiro atoms. The summed E-state index contributed by atoms with van der Waals surface area (Å²) in [6.07, 6.45) is 11.0. The molecular weight excluding hydrogens is 450 g/mol. The summed E-state index contributed by atoms with van der Waals surface area (Å²) in [4.78, 5) is 36.0. The van der Waals surface area contributed by atoms with Crippen molar-refractivity contribution in [2.75, 3.05) is 18.8 Å². The third-order valence-electron chi connectivity index (χ3n) is 4.91. The molecule has 0 aromatic heterocycles. The lowest BCUT2D eigenvalue weighted by molar-refractivity contribution is -0.130. The second-order valence-electron chi connectivity index (χ2n) is 8.26. The van der Waals surface area contributed by atoms with Gasteiger partial charge in [0, 0.05) is 10.6 Å². The Morgan fingerprint density at radius 2 is 1.47 bits per heavy atom. The molecule has 3 amide bonds. The van der Waals surface area contributed by atoms with Crippen LogP contribution in [-0.4, -0.2) is 41.8 Å². The molecule has 8 heteroatoms. The van der Waals surface area contributed by atoms with Crippen LogP contribution >= 0.6 is 11.8 Å². The first-order valence-corrected chi connectivity index (χ1v) is 12.4. The minimum absolute atomic E-state index is 0.267. The summed E-state index contributed by atoms with van der Waals surface area (Å²) in [5.41, 5.74) is 6.01. The SMILES string of the molecule is CC(C)=CCC/C(C)=C/CC/C(C)=C/CSc1ccccc1C(=O)NCC(=O)NCC(=O)NO. The Morgan fingerprint density at radius 1 is 0.853 bits per heavy atom. The van der Waals surface area contributed by atoms with E-state index in [9.17, 15) is 14.4 Å². The quantitative estimate of drug-likeness (QED) is 0.133. The first-order chi connectivity index (χ1) is 16.2. The van der Waals surface area contributed by atoms with Gasteiger partial charge in [-0.1, -0.05) is 47.1 Å². The molecule has 34 heavy (non-hydrogen) atoms. The summed E-state index contributed by atoms with van der Waals surface area (Å²) in [7, 11) is 0. The Labute approximate surface area is 207 Å². The fourth-order valence-electron chi connectivity index (χ4n) is 2.93. The Hall–Kier alpha value is -2.84. The topological polar surface area (TPSA) is 108 Å². The van der Waals surface area contributed by atoms with Crippen LogP contribution in [0.3, 0.4) is 0 Å². The normalized spacial score (nSPS) is 11.6. The monoisotopic (exact) mass is 487 g/mol. The van der Waals surface area contributed by atoms with Gasteiger partial charge in [0.05, 0.1) is 18.7 Å². The number of hydroxylamine groups is 1. The smallest absolute Gasteiger partial charge is 0.262 e. The van der Waals surface area contributed by atoms with Crippen molar-refractivity contribution in [3.63, 3.8) is 0 Å². The number of amides is 3. The highest BCUT2D eigenvalue weighted by Gasteiger charge is 2.12. The van der Waals surface area contributed by atoms with E-state index in [1.165, 1.54) is 22.2 Å². The van der Waals surface area contributed by atoms with Gasteiger partial charge in [0.25, 0.3) is 11.8 Å². The molecule has 0 saturated carbocycles. The lowest BCUT2D eigenvalue weighted by Gasteiger charge is -2.10. The molecule has 4 N–H and O–H groups in total. The van der Waals surface area contributed by atoms with Gasteiger partial charge >= 0.3 is 0 Å². The van der Waals surface area contributed by atoms with Gasteiger partial charge in [0.2, 0.25) is 5.91 Å². The number of rotatable bonds is 14. The molecule has 1 rings (SSSR count). The van der Waals surface area contributed by atoms with Crippen LogP contribution in [0.4, 0.5) is 0 Å². The van der Waals surface area contributed by atoms with E-state index in [0.717, 1.165) is 36.3 Å². The minimum Gasteiger partial charge on any atom is -0.345 e. The zero-order valence-corrected chi connectivity index (χ0v) is 21.4. The summed E-state index contributed by atoms with van der Waals surface area (Å²) in [5, 5.41) is 13.3. The maximum atomic E-state index is 12.5. The zero-order valence-electron chi connectivity index (χ0n) is 20.6. The van der Waals surface area contributed by atoms with Crippen LogP contribution < -0.4 is 16.1 Å². The maximum absolute atomic E-state index is 12.5. The molecule has 0 heterocycles. The van der Waals surface area contributed by atoms with Crippen molar-refractivity contribution in [1.82, 2.24) is 16.1 Å². The fourth-order valence-corrected chi connectivity index (χ4v) is 3.97. The molecule has 0 unspecified atom stereocenters. The second-order valence-corrected chi connectivity index (χ2v) is 9.32. The van der Waals surface area contributed by atoms with E-state index >= 15 is 0 Å². The molecule has 186 valence electrons. The highest BCUT2D eigenvalue weighted by molar-refractivity contribution is 7.99. The molecule has 0 aliphatic carbocycles. The summed E-state index contributed by atoms with van der Waals surface area (Å²) in [6.45, 7) is 7.93. The Morgan fingerprint density at radius 3 is 2.15 bits per heavy atom. The van der Waals surface area contributed by atoms with E-state index in [1.807, 2.05) is 12.1 Å². The maximum Gasteiger partial charge on any atom is 0.262 e. The molecule has 1 aromatic carbocycles. The average molecular weight is 488 g/mol. The number of carbonyl (C=O) groups is 3. The summed E-state index contributed by atoms with van der Waals surface area (Å²) >= 11 is 1.57. The standard InChI is InChI=1S/C26H37N3O4S/c1-19(2)9-7-10-20(3)11-8-12-21(4)15-16-34-23-14-6-5-13-22(23)26(32)28-17-24(30)27-18-25(31)29-33/h5-6,9,11,13-15,33H,7-8,10,12,16-18H2,1-4H3,(H,27,30)(H,28,32)(H,29,31)/b20-11+,21-15+. The molecule has 0 aliphatic rings. The lowest BCUT2D eigenvalue weighted by atomic mass is 10.1. The number of thioether (sulfide) groups is 1. The third kappa shape index (κ3) is 13.0. The highest BCUT2D eigenvalue weighted by atomic mass is 32.2. The van der Waals surface area contributed by atoms with Crippen LogP contribution in [0.15, 0.2) is 64.1 Å². The number of hydrogen-bond acceptors (Lipinski definition) is 5. The van der Waals surface area contributed by atoms with Gasteiger partial charge < -0.3 is 10.6 Å². The van der Waals surface area contributed by atoms with Crippen LogP contribution in [0, 0.1) is 0 Å². The first-order valence-electron chi connectivity index (χ1n) is 11.4. The highest BCUT2D eigenvalue weighted by Crippen LogP contribution is 2.23. The van der Waals surface area contributed by atoms with Crippen molar-refractivity contribution >= 4 is 29.5 Å². The molecule has 7 nitrogen and oxygen atoms in total. The number of carbonyl (C=O) groups excluding carboxylic acids is 3. The van der Waals surface area contributed by atoms with Gasteiger partial charge in [0.1, 0.15) is 0 Å². The fraction of sp³-hybridized carbons (Fsp3) is 0.423. The van der Waals surface area contributed by atoms with Crippen molar-refractivity contribution in [2.45, 2.75) is 58.3 Å². The second kappa shape index (κ2) is 16.7. The molecule has 0 aliphatic heterocycles. The van der Waals surface area contributed by atoms with Gasteiger partial charge in [-0.05, 0) is 65.5 Å². The van der Waals surface area contributed by atoms with E-state index in [-0.39, 0.29) is 19.0 Å². The van der Waals surface area contributed by atoms with E-state index in [0.29, 0.717) is 5.56 Å². The molecule has 0 fully saturated rings. The van der Waals surface area contributed by atoms with Gasteiger partial charge in [0.15, 0.2) is 0 Å². The molecule has 0 saturated heterocycles. The van der Waals surface area contributed by atoms with Crippen molar-refractivity contribution < 1.29 is 19.6 Å². The van der Waals surface area contributed by atoms with Gasteiger partial charge in [-0.3, -0.25) is 19.6 Å². The average Bonchev–Trinajstić information content (AvgIpc) is 2.81. The number of allylic oxidation sites excluding steroid dienone is 5. The van der Waals surface area contributed by atoms with Gasteiger partial charge in [-0.2, -0.15) is 0 Å². The van der Waals surface area contributed by atoms with E-state index < -0.39 is 11.8 Å². The van der Waals surface area contributed by atoms with Gasteiger partial charge in [-0.25, -0.2) is 5.48 Å².